The van der Waals surface area contributed by atoms with Gasteiger partial charge in [0.1, 0.15) is 4.90 Å². The van der Waals surface area contributed by atoms with Crippen molar-refractivity contribution in [1.82, 2.24) is 13.5 Å². The van der Waals surface area contributed by atoms with Crippen LogP contribution in [-0.2, 0) is 20.0 Å². The topological polar surface area (TPSA) is 89.3 Å². The second-order valence-electron chi connectivity index (χ2n) is 7.73. The molecule has 0 bridgehead atoms. The Morgan fingerprint density at radius 3 is 2.36 bits per heavy atom. The third-order valence-electron chi connectivity index (χ3n) is 5.25. The van der Waals surface area contributed by atoms with Crippen molar-refractivity contribution in [3.63, 3.8) is 0 Å². The van der Waals surface area contributed by atoms with Crippen molar-refractivity contribution in [3.05, 3.63) is 40.7 Å². The molecule has 28 heavy (non-hydrogen) atoms. The van der Waals surface area contributed by atoms with Gasteiger partial charge in [-0.15, -0.1) is 0 Å². The Morgan fingerprint density at radius 1 is 1.04 bits per heavy atom. The summed E-state index contributed by atoms with van der Waals surface area (Å²) in [6.07, 6.45) is 1.79. The molecule has 2 heterocycles. The lowest BCUT2D eigenvalue weighted by Gasteiger charge is -2.30. The molecule has 2 aromatic rings. The molecule has 0 spiro atoms. The van der Waals surface area contributed by atoms with Crippen LogP contribution in [0.4, 0.5) is 0 Å². The summed E-state index contributed by atoms with van der Waals surface area (Å²) in [5.41, 5.74) is 1.72. The molecule has 0 amide bonds. The Kier molecular flexibility index (Phi) is 5.46. The van der Waals surface area contributed by atoms with Crippen LogP contribution in [0.1, 0.15) is 42.3 Å². The highest BCUT2D eigenvalue weighted by molar-refractivity contribution is 7.90. The Balaban J connectivity index is 2.13. The lowest BCUT2D eigenvalue weighted by molar-refractivity contribution is 0.281. The van der Waals surface area contributed by atoms with Crippen LogP contribution < -0.4 is 0 Å². The molecule has 1 aliphatic heterocycles. The number of rotatable bonds is 4. The average molecular weight is 426 g/mol. The number of hydrogen-bond acceptors (Lipinski definition) is 5. The second kappa shape index (κ2) is 7.27. The quantitative estimate of drug-likeness (QED) is 0.751. The third-order valence-corrected chi connectivity index (χ3v) is 9.18. The van der Waals surface area contributed by atoms with E-state index in [4.69, 9.17) is 0 Å². The number of hydrogen-bond donors (Lipinski definition) is 0. The van der Waals surface area contributed by atoms with E-state index in [1.807, 2.05) is 19.9 Å². The first-order valence-electron chi connectivity index (χ1n) is 9.35. The molecule has 0 N–H and O–H groups in total. The van der Waals surface area contributed by atoms with E-state index in [1.54, 1.807) is 26.0 Å². The molecule has 7 nitrogen and oxygen atoms in total. The van der Waals surface area contributed by atoms with Crippen molar-refractivity contribution >= 4 is 20.0 Å². The van der Waals surface area contributed by atoms with Gasteiger partial charge in [-0.3, -0.25) is 0 Å². The fourth-order valence-corrected chi connectivity index (χ4v) is 7.47. The first kappa shape index (κ1) is 21.0. The summed E-state index contributed by atoms with van der Waals surface area (Å²) >= 11 is 0. The minimum Gasteiger partial charge on any atom is -0.207 e. The van der Waals surface area contributed by atoms with E-state index in [2.05, 4.69) is 5.10 Å². The third kappa shape index (κ3) is 3.51. The largest absolute Gasteiger partial charge is 0.283 e. The zero-order valence-electron chi connectivity index (χ0n) is 16.9. The monoisotopic (exact) mass is 425 g/mol. The van der Waals surface area contributed by atoms with Crippen molar-refractivity contribution in [3.8, 4) is 0 Å². The molecular formula is C19H27N3O4S2. The van der Waals surface area contributed by atoms with Crippen LogP contribution in [-0.4, -0.2) is 43.4 Å². The van der Waals surface area contributed by atoms with E-state index in [9.17, 15) is 16.8 Å². The van der Waals surface area contributed by atoms with Gasteiger partial charge in [0, 0.05) is 13.1 Å². The lowest BCUT2D eigenvalue weighted by Crippen LogP contribution is -2.39. The van der Waals surface area contributed by atoms with Crippen molar-refractivity contribution < 1.29 is 16.8 Å². The maximum Gasteiger partial charge on any atom is 0.283 e. The first-order chi connectivity index (χ1) is 13.0. The molecule has 0 radical (unpaired) electrons. The summed E-state index contributed by atoms with van der Waals surface area (Å²) in [6.45, 7) is 9.48. The molecule has 1 aromatic heterocycles. The lowest BCUT2D eigenvalue weighted by atomic mass is 10.0. The number of aromatic nitrogens is 2. The van der Waals surface area contributed by atoms with Crippen LogP contribution in [0, 0.1) is 33.6 Å². The van der Waals surface area contributed by atoms with Crippen molar-refractivity contribution in [1.29, 1.82) is 0 Å². The highest BCUT2D eigenvalue weighted by Crippen LogP contribution is 2.30. The average Bonchev–Trinajstić information content (AvgIpc) is 2.92. The maximum absolute atomic E-state index is 13.3. The Bertz CT molecular complexity index is 1120. The van der Waals surface area contributed by atoms with Crippen LogP contribution in [0.3, 0.4) is 0 Å². The van der Waals surface area contributed by atoms with Gasteiger partial charge in [0.25, 0.3) is 10.0 Å². The predicted octanol–water partition coefficient (Wildman–Crippen LogP) is 2.77. The molecule has 9 heteroatoms. The van der Waals surface area contributed by atoms with Crippen molar-refractivity contribution in [2.45, 2.75) is 57.3 Å². The van der Waals surface area contributed by atoms with E-state index >= 15 is 0 Å². The zero-order chi connectivity index (χ0) is 20.9. The van der Waals surface area contributed by atoms with E-state index < -0.39 is 20.0 Å². The molecule has 3 rings (SSSR count). The van der Waals surface area contributed by atoms with Crippen LogP contribution in [0.15, 0.2) is 28.0 Å². The zero-order valence-corrected chi connectivity index (χ0v) is 18.6. The maximum atomic E-state index is 13.3. The number of nitrogens with zero attached hydrogens (tertiary/aromatic N) is 3. The summed E-state index contributed by atoms with van der Waals surface area (Å²) in [5, 5.41) is 4.13. The van der Waals surface area contributed by atoms with Gasteiger partial charge in [-0.25, -0.2) is 8.42 Å². The van der Waals surface area contributed by atoms with E-state index in [0.29, 0.717) is 18.7 Å². The van der Waals surface area contributed by atoms with Crippen LogP contribution in [0.2, 0.25) is 0 Å². The SMILES string of the molecule is Cc1ccc(C)c(S(=O)(=O)n2nc(C)c(S(=O)(=O)N3CCC[C@H](C)C3)c2C)c1. The molecule has 154 valence electrons. The smallest absolute Gasteiger partial charge is 0.207 e. The van der Waals surface area contributed by atoms with Gasteiger partial charge < -0.3 is 0 Å². The minimum absolute atomic E-state index is 0.00418. The number of sulfonamides is 1. The first-order valence-corrected chi connectivity index (χ1v) is 12.2. The van der Waals surface area contributed by atoms with Gasteiger partial charge in [0.15, 0.2) is 0 Å². The number of piperidine rings is 1. The van der Waals surface area contributed by atoms with Crippen molar-refractivity contribution in [2.75, 3.05) is 13.1 Å². The van der Waals surface area contributed by atoms with E-state index in [1.165, 1.54) is 11.2 Å². The molecule has 1 atom stereocenters. The predicted molar refractivity (Wildman–Crippen MR) is 107 cm³/mol. The van der Waals surface area contributed by atoms with E-state index in [-0.39, 0.29) is 27.1 Å². The number of aryl methyl sites for hydroxylation is 3. The fourth-order valence-electron chi connectivity index (χ4n) is 3.78. The second-order valence-corrected chi connectivity index (χ2v) is 11.3. The molecular weight excluding hydrogens is 398 g/mol. The van der Waals surface area contributed by atoms with Gasteiger partial charge in [-0.1, -0.05) is 19.1 Å². The molecule has 1 saturated heterocycles. The van der Waals surface area contributed by atoms with Gasteiger partial charge >= 0.3 is 0 Å². The van der Waals surface area contributed by atoms with E-state index in [0.717, 1.165) is 22.5 Å². The van der Waals surface area contributed by atoms with Gasteiger partial charge in [0.05, 0.1) is 16.3 Å². The normalized spacial score (nSPS) is 19.1. The standard InChI is InChI=1S/C19H27N3O4S2/c1-13-8-9-15(3)18(11-13)27(23,24)22-17(5)19(16(4)20-22)28(25,26)21-10-6-7-14(2)12-21/h8-9,11,14H,6-7,10,12H2,1-5H3/t14-/m0/s1. The van der Waals surface area contributed by atoms with Gasteiger partial charge in [0.2, 0.25) is 10.0 Å². The highest BCUT2D eigenvalue weighted by Gasteiger charge is 2.35. The van der Waals surface area contributed by atoms with Crippen molar-refractivity contribution in [2.24, 2.45) is 5.92 Å². The summed E-state index contributed by atoms with van der Waals surface area (Å²) in [6, 6.07) is 5.16. The van der Waals surface area contributed by atoms with Crippen LogP contribution in [0.25, 0.3) is 0 Å². The minimum atomic E-state index is -4.00. The Labute approximate surface area is 167 Å². The molecule has 0 saturated carbocycles. The molecule has 1 aliphatic rings. The fraction of sp³-hybridized carbons (Fsp3) is 0.526. The highest BCUT2D eigenvalue weighted by atomic mass is 32.2. The summed E-state index contributed by atoms with van der Waals surface area (Å²) < 4.78 is 55.3. The Morgan fingerprint density at radius 2 is 1.71 bits per heavy atom. The molecule has 1 aromatic carbocycles. The van der Waals surface area contributed by atoms with Gasteiger partial charge in [-0.2, -0.15) is 21.9 Å². The van der Waals surface area contributed by atoms with Gasteiger partial charge in [-0.05, 0) is 63.6 Å². The summed E-state index contributed by atoms with van der Waals surface area (Å²) in [7, 11) is -7.81. The van der Waals surface area contributed by atoms with Crippen LogP contribution >= 0.6 is 0 Å². The molecule has 0 aliphatic carbocycles. The number of benzene rings is 1. The molecule has 0 unspecified atom stereocenters. The summed E-state index contributed by atoms with van der Waals surface area (Å²) in [4.78, 5) is 0.129. The Hall–Kier alpha value is -1.71. The molecule has 1 fully saturated rings. The van der Waals surface area contributed by atoms with Crippen LogP contribution in [0.5, 0.6) is 0 Å². The summed E-state index contributed by atoms with van der Waals surface area (Å²) in [5.74, 6) is 0.276.